The SMILES string of the molecule is NC(Cc1cc(Br)cc2c1OCC2)c1ncc[nH]1. The second-order valence-electron chi connectivity index (χ2n) is 4.44. The van der Waals surface area contributed by atoms with Crippen molar-refractivity contribution in [3.8, 4) is 5.75 Å². The number of hydrogen-bond donors (Lipinski definition) is 2. The zero-order chi connectivity index (χ0) is 12.5. The summed E-state index contributed by atoms with van der Waals surface area (Å²) in [6.45, 7) is 0.759. The third-order valence-electron chi connectivity index (χ3n) is 3.14. The predicted octanol–water partition coefficient (Wildman–Crippen LogP) is 2.35. The Hall–Kier alpha value is -1.33. The molecule has 2 heterocycles. The van der Waals surface area contributed by atoms with Gasteiger partial charge in [-0.3, -0.25) is 0 Å². The molecule has 0 bridgehead atoms. The van der Waals surface area contributed by atoms with E-state index < -0.39 is 0 Å². The summed E-state index contributed by atoms with van der Waals surface area (Å²) in [7, 11) is 0. The minimum Gasteiger partial charge on any atom is -0.493 e. The Kier molecular flexibility index (Phi) is 3.09. The first-order valence-corrected chi connectivity index (χ1v) is 6.72. The van der Waals surface area contributed by atoms with E-state index in [0.717, 1.165) is 41.1 Å². The van der Waals surface area contributed by atoms with Gasteiger partial charge in [-0.15, -0.1) is 0 Å². The zero-order valence-corrected chi connectivity index (χ0v) is 11.4. The Morgan fingerprint density at radius 1 is 1.50 bits per heavy atom. The Balaban J connectivity index is 1.89. The average molecular weight is 308 g/mol. The van der Waals surface area contributed by atoms with Gasteiger partial charge in [0.15, 0.2) is 0 Å². The number of rotatable bonds is 3. The van der Waals surface area contributed by atoms with Gasteiger partial charge in [0.25, 0.3) is 0 Å². The fraction of sp³-hybridized carbons (Fsp3) is 0.308. The van der Waals surface area contributed by atoms with Crippen LogP contribution in [0.4, 0.5) is 0 Å². The van der Waals surface area contributed by atoms with E-state index in [-0.39, 0.29) is 6.04 Å². The van der Waals surface area contributed by atoms with Gasteiger partial charge >= 0.3 is 0 Å². The highest BCUT2D eigenvalue weighted by molar-refractivity contribution is 9.10. The molecule has 0 amide bonds. The Labute approximate surface area is 114 Å². The van der Waals surface area contributed by atoms with E-state index in [9.17, 15) is 0 Å². The Bertz CT molecular complexity index is 554. The van der Waals surface area contributed by atoms with Gasteiger partial charge in [-0.2, -0.15) is 0 Å². The van der Waals surface area contributed by atoms with Crippen LogP contribution in [0.1, 0.15) is 23.0 Å². The largest absolute Gasteiger partial charge is 0.493 e. The van der Waals surface area contributed by atoms with Crippen molar-refractivity contribution in [2.75, 3.05) is 6.61 Å². The molecular formula is C13H14BrN3O. The summed E-state index contributed by atoms with van der Waals surface area (Å²) in [5.74, 6) is 1.81. The highest BCUT2D eigenvalue weighted by Crippen LogP contribution is 2.34. The Morgan fingerprint density at radius 3 is 3.17 bits per heavy atom. The maximum absolute atomic E-state index is 6.15. The van der Waals surface area contributed by atoms with Crippen LogP contribution < -0.4 is 10.5 Å². The third-order valence-corrected chi connectivity index (χ3v) is 3.59. The molecule has 3 N–H and O–H groups in total. The smallest absolute Gasteiger partial charge is 0.125 e. The van der Waals surface area contributed by atoms with Crippen LogP contribution in [0.15, 0.2) is 29.0 Å². The molecule has 1 aliphatic heterocycles. The number of H-pyrrole nitrogens is 1. The van der Waals surface area contributed by atoms with E-state index >= 15 is 0 Å². The number of halogens is 1. The van der Waals surface area contributed by atoms with E-state index in [0.29, 0.717) is 0 Å². The van der Waals surface area contributed by atoms with E-state index in [2.05, 4.69) is 38.0 Å². The molecule has 1 aromatic heterocycles. The van der Waals surface area contributed by atoms with Gasteiger partial charge in [0.05, 0.1) is 12.6 Å². The first kappa shape index (κ1) is 11.7. The van der Waals surface area contributed by atoms with Gasteiger partial charge in [-0.1, -0.05) is 15.9 Å². The van der Waals surface area contributed by atoms with Crippen LogP contribution in [-0.2, 0) is 12.8 Å². The summed E-state index contributed by atoms with van der Waals surface area (Å²) < 4.78 is 6.77. The van der Waals surface area contributed by atoms with Crippen LogP contribution in [-0.4, -0.2) is 16.6 Å². The summed E-state index contributed by atoms with van der Waals surface area (Å²) in [5.41, 5.74) is 8.55. The quantitative estimate of drug-likeness (QED) is 0.915. The highest BCUT2D eigenvalue weighted by atomic mass is 79.9. The summed E-state index contributed by atoms with van der Waals surface area (Å²) in [5, 5.41) is 0. The minimum atomic E-state index is -0.136. The van der Waals surface area contributed by atoms with Crippen molar-refractivity contribution in [2.45, 2.75) is 18.9 Å². The number of ether oxygens (including phenoxy) is 1. The number of nitrogens with two attached hydrogens (primary N) is 1. The minimum absolute atomic E-state index is 0.136. The van der Waals surface area contributed by atoms with Gasteiger partial charge in [-0.05, 0) is 29.7 Å². The van der Waals surface area contributed by atoms with Crippen LogP contribution >= 0.6 is 15.9 Å². The molecule has 1 unspecified atom stereocenters. The predicted molar refractivity (Wildman–Crippen MR) is 72.6 cm³/mol. The van der Waals surface area contributed by atoms with E-state index in [4.69, 9.17) is 10.5 Å². The van der Waals surface area contributed by atoms with Gasteiger partial charge in [0.2, 0.25) is 0 Å². The van der Waals surface area contributed by atoms with Crippen LogP contribution in [0.2, 0.25) is 0 Å². The molecular weight excluding hydrogens is 294 g/mol. The zero-order valence-electron chi connectivity index (χ0n) is 9.82. The lowest BCUT2D eigenvalue weighted by Gasteiger charge is -2.13. The molecule has 0 saturated carbocycles. The van der Waals surface area contributed by atoms with E-state index in [1.165, 1.54) is 5.56 Å². The van der Waals surface area contributed by atoms with Gasteiger partial charge in [-0.25, -0.2) is 4.98 Å². The number of nitrogens with one attached hydrogen (secondary N) is 1. The number of imidazole rings is 1. The molecule has 1 atom stereocenters. The number of benzene rings is 1. The molecule has 0 saturated heterocycles. The van der Waals surface area contributed by atoms with Crippen molar-refractivity contribution < 1.29 is 4.74 Å². The molecule has 1 aliphatic rings. The van der Waals surface area contributed by atoms with Gasteiger partial charge in [0.1, 0.15) is 11.6 Å². The first-order valence-electron chi connectivity index (χ1n) is 5.93. The maximum Gasteiger partial charge on any atom is 0.125 e. The van der Waals surface area contributed by atoms with Crippen molar-refractivity contribution in [2.24, 2.45) is 5.73 Å². The second kappa shape index (κ2) is 4.74. The van der Waals surface area contributed by atoms with Gasteiger partial charge < -0.3 is 15.5 Å². The summed E-state index contributed by atoms with van der Waals surface area (Å²) in [6, 6.07) is 4.06. The maximum atomic E-state index is 6.15. The Morgan fingerprint density at radius 2 is 2.39 bits per heavy atom. The van der Waals surface area contributed by atoms with Crippen molar-refractivity contribution >= 4 is 15.9 Å². The molecule has 0 aliphatic carbocycles. The molecule has 5 heteroatoms. The van der Waals surface area contributed by atoms with Crippen molar-refractivity contribution in [3.05, 3.63) is 46.0 Å². The van der Waals surface area contributed by atoms with Crippen LogP contribution in [0.25, 0.3) is 0 Å². The number of fused-ring (bicyclic) bond motifs is 1. The highest BCUT2D eigenvalue weighted by Gasteiger charge is 2.20. The summed E-state index contributed by atoms with van der Waals surface area (Å²) >= 11 is 3.53. The molecule has 2 aromatic rings. The van der Waals surface area contributed by atoms with Gasteiger partial charge in [0, 0.05) is 23.3 Å². The second-order valence-corrected chi connectivity index (χ2v) is 5.35. The van der Waals surface area contributed by atoms with Crippen LogP contribution in [0.5, 0.6) is 5.75 Å². The molecule has 0 spiro atoms. The lowest BCUT2D eigenvalue weighted by atomic mass is 10.0. The lowest BCUT2D eigenvalue weighted by Crippen LogP contribution is -2.15. The number of hydrogen-bond acceptors (Lipinski definition) is 3. The number of aromatic amines is 1. The molecule has 0 radical (unpaired) electrons. The summed E-state index contributed by atoms with van der Waals surface area (Å²) in [4.78, 5) is 7.25. The van der Waals surface area contributed by atoms with Crippen LogP contribution in [0, 0.1) is 0 Å². The third kappa shape index (κ3) is 2.15. The molecule has 18 heavy (non-hydrogen) atoms. The summed E-state index contributed by atoms with van der Waals surface area (Å²) in [6.07, 6.45) is 5.20. The standard InChI is InChI=1S/C13H14BrN3O/c14-10-5-8-1-4-18-12(8)9(6-10)7-11(15)13-16-2-3-17-13/h2-3,5-6,11H,1,4,7,15H2,(H,16,17). The van der Waals surface area contributed by atoms with Crippen molar-refractivity contribution in [1.29, 1.82) is 0 Å². The fourth-order valence-corrected chi connectivity index (χ4v) is 2.86. The van der Waals surface area contributed by atoms with Crippen molar-refractivity contribution in [1.82, 2.24) is 9.97 Å². The van der Waals surface area contributed by atoms with E-state index in [1.807, 2.05) is 0 Å². The van der Waals surface area contributed by atoms with Crippen LogP contribution in [0.3, 0.4) is 0 Å². The number of aromatic nitrogens is 2. The topological polar surface area (TPSA) is 63.9 Å². The number of nitrogens with zero attached hydrogens (tertiary/aromatic N) is 1. The molecule has 3 rings (SSSR count). The monoisotopic (exact) mass is 307 g/mol. The first-order chi connectivity index (χ1) is 8.74. The average Bonchev–Trinajstić information content (AvgIpc) is 2.98. The van der Waals surface area contributed by atoms with Crippen molar-refractivity contribution in [3.63, 3.8) is 0 Å². The lowest BCUT2D eigenvalue weighted by molar-refractivity contribution is 0.352. The fourth-order valence-electron chi connectivity index (χ4n) is 2.31. The molecule has 4 nitrogen and oxygen atoms in total. The normalized spacial score (nSPS) is 15.2. The van der Waals surface area contributed by atoms with E-state index in [1.54, 1.807) is 12.4 Å². The molecule has 94 valence electrons. The molecule has 0 fully saturated rings. The molecule has 1 aromatic carbocycles.